The summed E-state index contributed by atoms with van der Waals surface area (Å²) in [5.41, 5.74) is 1.15. The summed E-state index contributed by atoms with van der Waals surface area (Å²) in [7, 11) is 2.22. The average molecular weight is 332 g/mol. The highest BCUT2D eigenvalue weighted by Crippen LogP contribution is 2.26. The Kier molecular flexibility index (Phi) is 5.07. The summed E-state index contributed by atoms with van der Waals surface area (Å²) in [4.78, 5) is 2.47. The molecule has 2 rings (SSSR count). The fourth-order valence-corrected chi connectivity index (χ4v) is 2.67. The largest absolute Gasteiger partial charge is 0.311 e. The van der Waals surface area contributed by atoms with E-state index in [1.807, 2.05) is 12.1 Å². The van der Waals surface area contributed by atoms with Crippen LogP contribution in [0, 0.1) is 0 Å². The molecule has 1 aromatic rings. The molecule has 1 fully saturated rings. The Labute approximate surface area is 123 Å². The Morgan fingerprint density at radius 1 is 1.50 bits per heavy atom. The van der Waals surface area contributed by atoms with Gasteiger partial charge in [-0.05, 0) is 50.6 Å². The van der Waals surface area contributed by atoms with Crippen LogP contribution in [0.1, 0.15) is 25.3 Å². The van der Waals surface area contributed by atoms with E-state index in [1.54, 1.807) is 0 Å². The lowest BCUT2D eigenvalue weighted by Crippen LogP contribution is -2.38. The van der Waals surface area contributed by atoms with Crippen molar-refractivity contribution >= 4 is 27.5 Å². The van der Waals surface area contributed by atoms with Crippen molar-refractivity contribution in [2.75, 3.05) is 13.6 Å². The standard InChI is InChI=1S/C14H20BrClN2/c1-10(18(2)13-4-5-13)8-17-9-11-7-12(15)3-6-14(11)16/h3,6-7,10,13,17H,4-5,8-9H2,1-2H3. The normalized spacial score (nSPS) is 17.2. The van der Waals surface area contributed by atoms with Gasteiger partial charge in [-0.1, -0.05) is 27.5 Å². The van der Waals surface area contributed by atoms with Gasteiger partial charge in [-0.15, -0.1) is 0 Å². The third kappa shape index (κ3) is 3.95. The molecule has 0 aromatic heterocycles. The molecule has 1 atom stereocenters. The van der Waals surface area contributed by atoms with Crippen LogP contribution in [0.3, 0.4) is 0 Å². The Morgan fingerprint density at radius 2 is 2.22 bits per heavy atom. The lowest BCUT2D eigenvalue weighted by atomic mass is 10.2. The van der Waals surface area contributed by atoms with E-state index in [4.69, 9.17) is 11.6 Å². The first-order valence-electron chi connectivity index (χ1n) is 6.44. The first-order chi connectivity index (χ1) is 8.58. The minimum Gasteiger partial charge on any atom is -0.311 e. The van der Waals surface area contributed by atoms with Gasteiger partial charge < -0.3 is 5.32 Å². The minimum absolute atomic E-state index is 0.573. The second kappa shape index (κ2) is 6.38. The van der Waals surface area contributed by atoms with E-state index < -0.39 is 0 Å². The summed E-state index contributed by atoms with van der Waals surface area (Å²) in [6.45, 7) is 4.09. The Morgan fingerprint density at radius 3 is 2.89 bits per heavy atom. The summed E-state index contributed by atoms with van der Waals surface area (Å²) in [5, 5.41) is 4.31. The van der Waals surface area contributed by atoms with E-state index in [0.717, 1.165) is 34.2 Å². The van der Waals surface area contributed by atoms with Crippen molar-refractivity contribution in [3.05, 3.63) is 33.3 Å². The summed E-state index contributed by atoms with van der Waals surface area (Å²) in [6, 6.07) is 7.36. The molecule has 1 unspecified atom stereocenters. The molecule has 0 saturated heterocycles. The maximum absolute atomic E-state index is 6.16. The van der Waals surface area contributed by atoms with Crippen LogP contribution in [0.2, 0.25) is 5.02 Å². The van der Waals surface area contributed by atoms with Gasteiger partial charge in [0.2, 0.25) is 0 Å². The summed E-state index contributed by atoms with van der Waals surface area (Å²) >= 11 is 9.64. The molecule has 0 bridgehead atoms. The van der Waals surface area contributed by atoms with Crippen LogP contribution in [-0.2, 0) is 6.54 Å². The Bertz CT molecular complexity index is 407. The second-order valence-electron chi connectivity index (χ2n) is 5.11. The van der Waals surface area contributed by atoms with Crippen molar-refractivity contribution in [1.82, 2.24) is 10.2 Å². The zero-order valence-corrected chi connectivity index (χ0v) is 13.3. The number of hydrogen-bond acceptors (Lipinski definition) is 2. The molecule has 4 heteroatoms. The molecule has 18 heavy (non-hydrogen) atoms. The molecule has 1 aliphatic rings. The van der Waals surface area contributed by atoms with Gasteiger partial charge in [0.1, 0.15) is 0 Å². The van der Waals surface area contributed by atoms with Gasteiger partial charge in [-0.25, -0.2) is 0 Å². The minimum atomic E-state index is 0.573. The van der Waals surface area contributed by atoms with Crippen LogP contribution < -0.4 is 5.32 Å². The number of halogens is 2. The summed E-state index contributed by atoms with van der Waals surface area (Å²) in [5.74, 6) is 0. The zero-order chi connectivity index (χ0) is 13.1. The van der Waals surface area contributed by atoms with Crippen LogP contribution in [0.5, 0.6) is 0 Å². The Hall–Kier alpha value is -0.0900. The SMILES string of the molecule is CC(CNCc1cc(Br)ccc1Cl)N(C)C1CC1. The quantitative estimate of drug-likeness (QED) is 0.855. The van der Waals surface area contributed by atoms with Crippen LogP contribution in [-0.4, -0.2) is 30.6 Å². The number of rotatable bonds is 6. The molecule has 100 valence electrons. The van der Waals surface area contributed by atoms with Gasteiger partial charge in [0.05, 0.1) is 0 Å². The molecule has 0 radical (unpaired) electrons. The van der Waals surface area contributed by atoms with Crippen LogP contribution in [0.15, 0.2) is 22.7 Å². The molecule has 0 spiro atoms. The van der Waals surface area contributed by atoms with E-state index in [9.17, 15) is 0 Å². The maximum atomic E-state index is 6.16. The monoisotopic (exact) mass is 330 g/mol. The van der Waals surface area contributed by atoms with Crippen LogP contribution in [0.4, 0.5) is 0 Å². The molecule has 0 amide bonds. The van der Waals surface area contributed by atoms with Crippen molar-refractivity contribution in [2.24, 2.45) is 0 Å². The van der Waals surface area contributed by atoms with Gasteiger partial charge in [0, 0.05) is 34.7 Å². The van der Waals surface area contributed by atoms with Crippen molar-refractivity contribution < 1.29 is 0 Å². The third-order valence-electron chi connectivity index (χ3n) is 3.58. The second-order valence-corrected chi connectivity index (χ2v) is 6.44. The average Bonchev–Trinajstić information content (AvgIpc) is 3.16. The number of nitrogens with one attached hydrogen (secondary N) is 1. The van der Waals surface area contributed by atoms with Gasteiger partial charge in [-0.3, -0.25) is 4.90 Å². The highest BCUT2D eigenvalue weighted by molar-refractivity contribution is 9.10. The zero-order valence-electron chi connectivity index (χ0n) is 10.9. The highest BCUT2D eigenvalue weighted by atomic mass is 79.9. The van der Waals surface area contributed by atoms with Crippen molar-refractivity contribution in [3.8, 4) is 0 Å². The predicted octanol–water partition coefficient (Wildman–Crippen LogP) is 3.67. The predicted molar refractivity (Wildman–Crippen MR) is 81.1 cm³/mol. The molecule has 1 aliphatic carbocycles. The summed E-state index contributed by atoms with van der Waals surface area (Å²) < 4.78 is 1.08. The molecule has 1 aromatic carbocycles. The van der Waals surface area contributed by atoms with E-state index in [2.05, 4.69) is 46.2 Å². The smallest absolute Gasteiger partial charge is 0.0451 e. The van der Waals surface area contributed by atoms with E-state index in [0.29, 0.717) is 6.04 Å². The number of benzene rings is 1. The molecule has 1 N–H and O–H groups in total. The Balaban J connectivity index is 1.78. The number of nitrogens with zero attached hydrogens (tertiary/aromatic N) is 1. The van der Waals surface area contributed by atoms with Gasteiger partial charge in [0.15, 0.2) is 0 Å². The lowest BCUT2D eigenvalue weighted by Gasteiger charge is -2.24. The fraction of sp³-hybridized carbons (Fsp3) is 0.571. The number of hydrogen-bond donors (Lipinski definition) is 1. The molecular formula is C14H20BrClN2. The van der Waals surface area contributed by atoms with Gasteiger partial charge in [0.25, 0.3) is 0 Å². The molecule has 2 nitrogen and oxygen atoms in total. The first kappa shape index (κ1) is 14.3. The maximum Gasteiger partial charge on any atom is 0.0451 e. The van der Waals surface area contributed by atoms with E-state index >= 15 is 0 Å². The highest BCUT2D eigenvalue weighted by Gasteiger charge is 2.28. The van der Waals surface area contributed by atoms with Crippen molar-refractivity contribution in [3.63, 3.8) is 0 Å². The van der Waals surface area contributed by atoms with E-state index in [-0.39, 0.29) is 0 Å². The van der Waals surface area contributed by atoms with E-state index in [1.165, 1.54) is 12.8 Å². The van der Waals surface area contributed by atoms with Crippen molar-refractivity contribution in [1.29, 1.82) is 0 Å². The molecule has 0 aliphatic heterocycles. The van der Waals surface area contributed by atoms with Crippen LogP contribution in [0.25, 0.3) is 0 Å². The number of likely N-dealkylation sites (N-methyl/N-ethyl adjacent to an activating group) is 1. The molecular weight excluding hydrogens is 312 g/mol. The van der Waals surface area contributed by atoms with Crippen LogP contribution >= 0.6 is 27.5 Å². The topological polar surface area (TPSA) is 15.3 Å². The van der Waals surface area contributed by atoms with Gasteiger partial charge >= 0.3 is 0 Å². The lowest BCUT2D eigenvalue weighted by molar-refractivity contribution is 0.241. The fourth-order valence-electron chi connectivity index (χ4n) is 2.08. The van der Waals surface area contributed by atoms with Crippen molar-refractivity contribution in [2.45, 2.75) is 38.4 Å². The molecule has 0 heterocycles. The van der Waals surface area contributed by atoms with Gasteiger partial charge in [-0.2, -0.15) is 0 Å². The molecule has 1 saturated carbocycles. The first-order valence-corrected chi connectivity index (χ1v) is 7.61. The third-order valence-corrected chi connectivity index (χ3v) is 4.44. The summed E-state index contributed by atoms with van der Waals surface area (Å²) in [6.07, 6.45) is 2.72.